The van der Waals surface area contributed by atoms with Crippen LogP contribution in [-0.4, -0.2) is 30.0 Å². The van der Waals surface area contributed by atoms with E-state index >= 15 is 0 Å². The van der Waals surface area contributed by atoms with Crippen molar-refractivity contribution in [1.82, 2.24) is 4.90 Å². The number of amides is 1. The molecule has 0 N–H and O–H groups in total. The van der Waals surface area contributed by atoms with Crippen molar-refractivity contribution in [1.29, 1.82) is 0 Å². The fourth-order valence-corrected chi connectivity index (χ4v) is 3.04. The normalized spacial score (nSPS) is 24.3. The van der Waals surface area contributed by atoms with E-state index in [4.69, 9.17) is 4.74 Å². The van der Waals surface area contributed by atoms with Crippen molar-refractivity contribution in [2.75, 3.05) is 13.1 Å². The zero-order valence-electron chi connectivity index (χ0n) is 12.9. The summed E-state index contributed by atoms with van der Waals surface area (Å²) in [6, 6.07) is 7.84. The third kappa shape index (κ3) is 3.75. The van der Waals surface area contributed by atoms with Gasteiger partial charge in [0.05, 0.1) is 0 Å². The number of benzene rings is 1. The second-order valence-corrected chi connectivity index (χ2v) is 6.27. The molecule has 2 rings (SSSR count). The van der Waals surface area contributed by atoms with Gasteiger partial charge in [-0.15, -0.1) is 0 Å². The SMILES string of the molecule is Cc1cccc(O[C@H](C)C(=O)N2C[C@@H](C)C[C@H](C)C2)c1. The Morgan fingerprint density at radius 1 is 1.30 bits per heavy atom. The molecule has 110 valence electrons. The summed E-state index contributed by atoms with van der Waals surface area (Å²) in [4.78, 5) is 14.4. The van der Waals surface area contributed by atoms with Gasteiger partial charge >= 0.3 is 0 Å². The maximum absolute atomic E-state index is 12.5. The number of rotatable bonds is 3. The highest BCUT2D eigenvalue weighted by molar-refractivity contribution is 5.81. The van der Waals surface area contributed by atoms with E-state index in [9.17, 15) is 4.79 Å². The molecule has 1 amide bonds. The van der Waals surface area contributed by atoms with Gasteiger partial charge in [-0.25, -0.2) is 0 Å². The largest absolute Gasteiger partial charge is 0.481 e. The topological polar surface area (TPSA) is 29.5 Å². The van der Waals surface area contributed by atoms with Gasteiger partial charge in [-0.1, -0.05) is 26.0 Å². The number of carbonyl (C=O) groups is 1. The molecule has 20 heavy (non-hydrogen) atoms. The van der Waals surface area contributed by atoms with Gasteiger partial charge < -0.3 is 9.64 Å². The molecule has 3 atom stereocenters. The van der Waals surface area contributed by atoms with Gasteiger partial charge in [-0.3, -0.25) is 4.79 Å². The van der Waals surface area contributed by atoms with Crippen LogP contribution in [0.2, 0.25) is 0 Å². The van der Waals surface area contributed by atoms with Crippen molar-refractivity contribution in [3.63, 3.8) is 0 Å². The molecule has 3 nitrogen and oxygen atoms in total. The lowest BCUT2D eigenvalue weighted by atomic mass is 9.91. The number of ether oxygens (including phenoxy) is 1. The van der Waals surface area contributed by atoms with Crippen LogP contribution in [0.5, 0.6) is 5.75 Å². The minimum absolute atomic E-state index is 0.102. The number of carbonyl (C=O) groups excluding carboxylic acids is 1. The predicted octanol–water partition coefficient (Wildman–Crippen LogP) is 3.27. The average Bonchev–Trinajstić information content (AvgIpc) is 2.36. The molecule has 0 bridgehead atoms. The molecule has 1 saturated heterocycles. The van der Waals surface area contributed by atoms with Gasteiger partial charge in [0.15, 0.2) is 6.10 Å². The molecule has 1 heterocycles. The molecule has 0 aromatic heterocycles. The highest BCUT2D eigenvalue weighted by atomic mass is 16.5. The Labute approximate surface area is 121 Å². The number of nitrogens with zero attached hydrogens (tertiary/aromatic N) is 1. The number of hydrogen-bond acceptors (Lipinski definition) is 2. The summed E-state index contributed by atoms with van der Waals surface area (Å²) in [5.41, 5.74) is 1.14. The van der Waals surface area contributed by atoms with Crippen LogP contribution in [0.15, 0.2) is 24.3 Å². The quantitative estimate of drug-likeness (QED) is 0.847. The molecule has 1 aromatic carbocycles. The second-order valence-electron chi connectivity index (χ2n) is 6.27. The lowest BCUT2D eigenvalue weighted by Crippen LogP contribution is -2.47. The summed E-state index contributed by atoms with van der Waals surface area (Å²) in [5, 5.41) is 0. The van der Waals surface area contributed by atoms with Crippen molar-refractivity contribution in [2.24, 2.45) is 11.8 Å². The number of likely N-dealkylation sites (tertiary alicyclic amines) is 1. The van der Waals surface area contributed by atoms with E-state index in [-0.39, 0.29) is 5.91 Å². The Bertz CT molecular complexity index is 462. The third-order valence-electron chi connectivity index (χ3n) is 3.83. The molecule has 3 heteroatoms. The van der Waals surface area contributed by atoms with Crippen LogP contribution in [0, 0.1) is 18.8 Å². The molecule has 0 aliphatic carbocycles. The molecular formula is C17H25NO2. The fourth-order valence-electron chi connectivity index (χ4n) is 3.04. The van der Waals surface area contributed by atoms with Crippen molar-refractivity contribution >= 4 is 5.91 Å². The fraction of sp³-hybridized carbons (Fsp3) is 0.588. The molecule has 1 aliphatic heterocycles. The molecule has 0 saturated carbocycles. The van der Waals surface area contributed by atoms with Crippen molar-refractivity contribution in [2.45, 2.75) is 40.2 Å². The molecule has 1 aliphatic rings. The van der Waals surface area contributed by atoms with Crippen LogP contribution in [0.4, 0.5) is 0 Å². The zero-order chi connectivity index (χ0) is 14.7. The summed E-state index contributed by atoms with van der Waals surface area (Å²) in [5.74, 6) is 2.02. The first-order valence-electron chi connectivity index (χ1n) is 7.48. The Morgan fingerprint density at radius 3 is 2.55 bits per heavy atom. The molecule has 0 spiro atoms. The average molecular weight is 275 g/mol. The first-order valence-corrected chi connectivity index (χ1v) is 7.48. The third-order valence-corrected chi connectivity index (χ3v) is 3.83. The zero-order valence-corrected chi connectivity index (χ0v) is 12.9. The van der Waals surface area contributed by atoms with Crippen LogP contribution >= 0.6 is 0 Å². The summed E-state index contributed by atoms with van der Waals surface area (Å²) in [6.07, 6.45) is 0.783. The number of piperidine rings is 1. The molecule has 0 unspecified atom stereocenters. The minimum Gasteiger partial charge on any atom is -0.481 e. The first kappa shape index (κ1) is 14.9. The summed E-state index contributed by atoms with van der Waals surface area (Å²) < 4.78 is 5.79. The number of hydrogen-bond donors (Lipinski definition) is 0. The molecule has 0 radical (unpaired) electrons. The predicted molar refractivity (Wildman–Crippen MR) is 80.8 cm³/mol. The Kier molecular flexibility index (Phi) is 4.69. The monoisotopic (exact) mass is 275 g/mol. The summed E-state index contributed by atoms with van der Waals surface area (Å²) in [6.45, 7) is 9.99. The van der Waals surface area contributed by atoms with E-state index in [1.165, 1.54) is 6.42 Å². The minimum atomic E-state index is -0.422. The standard InChI is InChI=1S/C17H25NO2/c1-12-6-5-7-16(9-12)20-15(4)17(19)18-10-13(2)8-14(3)11-18/h5-7,9,13-15H,8,10-11H2,1-4H3/t13-,14-,15+/m0/s1. The second kappa shape index (κ2) is 6.29. The Balaban J connectivity index is 1.98. The van der Waals surface area contributed by atoms with E-state index in [0.717, 1.165) is 24.4 Å². The van der Waals surface area contributed by atoms with Gasteiger partial charge in [0, 0.05) is 13.1 Å². The van der Waals surface area contributed by atoms with Crippen molar-refractivity contribution < 1.29 is 9.53 Å². The number of aryl methyl sites for hydroxylation is 1. The van der Waals surface area contributed by atoms with E-state index in [2.05, 4.69) is 13.8 Å². The van der Waals surface area contributed by atoms with Crippen LogP contribution in [0.25, 0.3) is 0 Å². The van der Waals surface area contributed by atoms with E-state index in [0.29, 0.717) is 11.8 Å². The van der Waals surface area contributed by atoms with E-state index < -0.39 is 6.10 Å². The molecular weight excluding hydrogens is 250 g/mol. The molecule has 1 fully saturated rings. The van der Waals surface area contributed by atoms with Crippen LogP contribution in [-0.2, 0) is 4.79 Å². The van der Waals surface area contributed by atoms with Gasteiger partial charge in [0.25, 0.3) is 5.91 Å². The van der Waals surface area contributed by atoms with E-state index in [1.807, 2.05) is 43.0 Å². The molecule has 1 aromatic rings. The van der Waals surface area contributed by atoms with Gasteiger partial charge in [-0.05, 0) is 49.8 Å². The summed E-state index contributed by atoms with van der Waals surface area (Å²) >= 11 is 0. The maximum atomic E-state index is 12.5. The summed E-state index contributed by atoms with van der Waals surface area (Å²) in [7, 11) is 0. The van der Waals surface area contributed by atoms with E-state index in [1.54, 1.807) is 0 Å². The lowest BCUT2D eigenvalue weighted by molar-refractivity contribution is -0.140. The highest BCUT2D eigenvalue weighted by Crippen LogP contribution is 2.22. The van der Waals surface area contributed by atoms with Crippen molar-refractivity contribution in [3.05, 3.63) is 29.8 Å². The van der Waals surface area contributed by atoms with Crippen LogP contribution in [0.1, 0.15) is 32.8 Å². The van der Waals surface area contributed by atoms with Gasteiger partial charge in [0.1, 0.15) is 5.75 Å². The van der Waals surface area contributed by atoms with Gasteiger partial charge in [-0.2, -0.15) is 0 Å². The van der Waals surface area contributed by atoms with Crippen LogP contribution in [0.3, 0.4) is 0 Å². The van der Waals surface area contributed by atoms with Crippen LogP contribution < -0.4 is 4.74 Å². The lowest BCUT2D eigenvalue weighted by Gasteiger charge is -2.36. The first-order chi connectivity index (χ1) is 9.45. The Hall–Kier alpha value is -1.51. The maximum Gasteiger partial charge on any atom is 0.263 e. The van der Waals surface area contributed by atoms with Gasteiger partial charge in [0.2, 0.25) is 0 Å². The van der Waals surface area contributed by atoms with Crippen molar-refractivity contribution in [3.8, 4) is 5.75 Å². The Morgan fingerprint density at radius 2 is 1.95 bits per heavy atom. The highest BCUT2D eigenvalue weighted by Gasteiger charge is 2.29. The smallest absolute Gasteiger partial charge is 0.263 e.